The molecule has 1 unspecified atom stereocenters. The van der Waals surface area contributed by atoms with Gasteiger partial charge in [-0.2, -0.15) is 8.42 Å². The Hall–Kier alpha value is 0.830. The Balaban J connectivity index is -0.000000980. The van der Waals surface area contributed by atoms with Crippen molar-refractivity contribution in [2.75, 3.05) is 19.0 Å². The quantitative estimate of drug-likeness (QED) is 0.284. The fraction of sp³-hybridized carbons (Fsp3) is 1.00. The summed E-state index contributed by atoms with van der Waals surface area (Å²) in [5.74, 6) is -0.544. The molecule has 16 heavy (non-hydrogen) atoms. The molecule has 0 aliphatic rings. The third-order valence-electron chi connectivity index (χ3n) is 1.95. The van der Waals surface area contributed by atoms with Gasteiger partial charge in [0.1, 0.15) is 5.75 Å². The number of rotatable bonds is 9. The molecule has 94 valence electrons. The maximum atomic E-state index is 10.5. The number of ether oxygens (including phenoxy) is 1. The summed E-state index contributed by atoms with van der Waals surface area (Å²) >= 11 is 0. The van der Waals surface area contributed by atoms with Crippen LogP contribution in [0.5, 0.6) is 0 Å². The van der Waals surface area contributed by atoms with Gasteiger partial charge in [-0.1, -0.05) is 26.2 Å². The topological polar surface area (TPSA) is 83.8 Å². The van der Waals surface area contributed by atoms with Gasteiger partial charge in [-0.25, -0.2) is 0 Å². The van der Waals surface area contributed by atoms with E-state index in [1.54, 1.807) is 0 Å². The van der Waals surface area contributed by atoms with Crippen molar-refractivity contribution < 1.29 is 53.8 Å². The van der Waals surface area contributed by atoms with E-state index in [0.29, 0.717) is 6.61 Å². The van der Waals surface area contributed by atoms with Gasteiger partial charge < -0.3 is 11.3 Å². The summed E-state index contributed by atoms with van der Waals surface area (Å²) in [4.78, 5) is 0. The second-order valence-electron chi connectivity index (χ2n) is 3.48. The fourth-order valence-electron chi connectivity index (χ4n) is 1.17. The monoisotopic (exact) mass is 264 g/mol. The zero-order chi connectivity index (χ0) is 11.7. The van der Waals surface area contributed by atoms with E-state index >= 15 is 0 Å². The van der Waals surface area contributed by atoms with Crippen molar-refractivity contribution in [3.8, 4) is 0 Å². The van der Waals surface area contributed by atoms with E-state index in [0.717, 1.165) is 25.7 Å². The second kappa shape index (κ2) is 11.0. The third kappa shape index (κ3) is 12.9. The first-order valence-corrected chi connectivity index (χ1v) is 6.78. The number of aliphatic hydroxyl groups excluding tert-OH is 1. The minimum absolute atomic E-state index is 0. The zero-order valence-corrected chi connectivity index (χ0v) is 12.9. The molecule has 0 aromatic rings. The molecule has 0 bridgehead atoms. The molecule has 0 aromatic heterocycles. The van der Waals surface area contributed by atoms with E-state index < -0.39 is 28.6 Å². The average molecular weight is 264 g/mol. The fourth-order valence-corrected chi connectivity index (χ4v) is 1.84. The maximum absolute atomic E-state index is 10.5. The largest absolute Gasteiger partial charge is 1.00 e. The van der Waals surface area contributed by atoms with Crippen LogP contribution in [0.2, 0.25) is 0 Å². The van der Waals surface area contributed by atoms with Crippen LogP contribution in [0.15, 0.2) is 0 Å². The minimum Gasteiger partial charge on any atom is -1.00 e. The van der Waals surface area contributed by atoms with Crippen molar-refractivity contribution in [3.63, 3.8) is 0 Å². The van der Waals surface area contributed by atoms with Gasteiger partial charge in [0.25, 0.3) is 10.1 Å². The summed E-state index contributed by atoms with van der Waals surface area (Å²) in [6.45, 7) is 2.12. The molecule has 0 saturated carbocycles. The van der Waals surface area contributed by atoms with Crippen LogP contribution in [0.3, 0.4) is 0 Å². The van der Waals surface area contributed by atoms with Crippen LogP contribution in [0.25, 0.3) is 0 Å². The molecular weight excluding hydrogens is 243 g/mol. The number of aliphatic hydroxyl groups is 1. The van der Waals surface area contributed by atoms with Gasteiger partial charge in [0.05, 0.1) is 12.7 Å². The summed E-state index contributed by atoms with van der Waals surface area (Å²) in [7, 11) is -4.07. The van der Waals surface area contributed by atoms with Crippen LogP contribution in [0.1, 0.15) is 34.0 Å². The summed E-state index contributed by atoms with van der Waals surface area (Å²) in [6.07, 6.45) is 3.29. The molecule has 7 heteroatoms. The molecule has 0 aliphatic heterocycles. The van der Waals surface area contributed by atoms with E-state index in [1.165, 1.54) is 0 Å². The first-order chi connectivity index (χ1) is 6.99. The Morgan fingerprint density at radius 1 is 1.31 bits per heavy atom. The predicted octanol–water partition coefficient (Wildman–Crippen LogP) is -2.05. The zero-order valence-electron chi connectivity index (χ0n) is 11.1. The number of hydrogen-bond acceptors (Lipinski definition) is 4. The SMILES string of the molecule is CCCCCCOC(CO)CS(=O)(=O)O.[H-].[Na+]. The molecule has 2 N–H and O–H groups in total. The molecule has 0 spiro atoms. The molecule has 0 radical (unpaired) electrons. The molecule has 0 saturated heterocycles. The van der Waals surface area contributed by atoms with Crippen LogP contribution >= 0.6 is 0 Å². The third-order valence-corrected chi connectivity index (χ3v) is 2.74. The Morgan fingerprint density at radius 3 is 2.38 bits per heavy atom. The molecule has 1 atom stereocenters. The Morgan fingerprint density at radius 2 is 1.94 bits per heavy atom. The van der Waals surface area contributed by atoms with Crippen LogP contribution in [-0.4, -0.2) is 43.1 Å². The summed E-state index contributed by atoms with van der Waals surface area (Å²) in [5.41, 5.74) is 0. The van der Waals surface area contributed by atoms with Gasteiger partial charge in [0.2, 0.25) is 0 Å². The van der Waals surface area contributed by atoms with Gasteiger partial charge >= 0.3 is 29.6 Å². The van der Waals surface area contributed by atoms with E-state index in [4.69, 9.17) is 14.4 Å². The molecule has 5 nitrogen and oxygen atoms in total. The van der Waals surface area contributed by atoms with E-state index in [9.17, 15) is 8.42 Å². The van der Waals surface area contributed by atoms with Crippen molar-refractivity contribution in [3.05, 3.63) is 0 Å². The van der Waals surface area contributed by atoms with Crippen molar-refractivity contribution in [1.82, 2.24) is 0 Å². The Bertz CT molecular complexity index is 248. The number of unbranched alkanes of at least 4 members (excludes halogenated alkanes) is 3. The van der Waals surface area contributed by atoms with Gasteiger partial charge in [-0.3, -0.25) is 4.55 Å². The van der Waals surface area contributed by atoms with E-state index in [1.807, 2.05) is 0 Å². The van der Waals surface area contributed by atoms with E-state index in [-0.39, 0.29) is 31.0 Å². The van der Waals surface area contributed by atoms with Crippen molar-refractivity contribution in [2.24, 2.45) is 0 Å². The summed E-state index contributed by atoms with van der Waals surface area (Å²) < 4.78 is 34.7. The standard InChI is InChI=1S/C9H20O5S.Na.H/c1-2-3-4-5-6-14-9(7-10)8-15(11,12)13;;/h9-10H,2-8H2,1H3,(H,11,12,13);;/q;+1;-1. The molecule has 0 rings (SSSR count). The van der Waals surface area contributed by atoms with Crippen molar-refractivity contribution in [2.45, 2.75) is 38.7 Å². The van der Waals surface area contributed by atoms with Gasteiger partial charge in [-0.05, 0) is 6.42 Å². The smallest absolute Gasteiger partial charge is 1.00 e. The Kier molecular flexibility index (Phi) is 13.1. The molecule has 0 heterocycles. The molecule has 0 fully saturated rings. The van der Waals surface area contributed by atoms with Gasteiger partial charge in [0.15, 0.2) is 0 Å². The first kappa shape index (κ1) is 19.2. The first-order valence-electron chi connectivity index (χ1n) is 5.17. The van der Waals surface area contributed by atoms with Gasteiger partial charge in [0, 0.05) is 6.61 Å². The predicted molar refractivity (Wildman–Crippen MR) is 58.5 cm³/mol. The van der Waals surface area contributed by atoms with Crippen LogP contribution < -0.4 is 29.6 Å². The maximum Gasteiger partial charge on any atom is 1.00 e. The molecule has 0 aromatic carbocycles. The van der Waals surface area contributed by atoms with Crippen LogP contribution in [0.4, 0.5) is 0 Å². The van der Waals surface area contributed by atoms with E-state index in [2.05, 4.69) is 6.92 Å². The minimum atomic E-state index is -4.07. The molecular formula is C9H21NaO5S. The normalized spacial score (nSPS) is 13.2. The van der Waals surface area contributed by atoms with Crippen LogP contribution in [-0.2, 0) is 14.9 Å². The molecule has 0 aliphatic carbocycles. The Labute approximate surface area is 121 Å². The average Bonchev–Trinajstić information content (AvgIpc) is 2.14. The van der Waals surface area contributed by atoms with Crippen molar-refractivity contribution in [1.29, 1.82) is 0 Å². The van der Waals surface area contributed by atoms with Crippen molar-refractivity contribution >= 4 is 10.1 Å². The molecule has 0 amide bonds. The second-order valence-corrected chi connectivity index (χ2v) is 4.98. The van der Waals surface area contributed by atoms with Gasteiger partial charge in [-0.15, -0.1) is 0 Å². The summed E-state index contributed by atoms with van der Waals surface area (Å²) in [5, 5.41) is 8.79. The summed E-state index contributed by atoms with van der Waals surface area (Å²) in [6, 6.07) is 0. The number of hydrogen-bond donors (Lipinski definition) is 2. The van der Waals surface area contributed by atoms with Crippen LogP contribution in [0, 0.1) is 0 Å².